The van der Waals surface area contributed by atoms with E-state index >= 15 is 0 Å². The predicted molar refractivity (Wildman–Crippen MR) is 142 cm³/mol. The maximum atomic E-state index is 12.6. The minimum absolute atomic E-state index is 0.136. The number of hydrogen-bond donors (Lipinski definition) is 1. The lowest BCUT2D eigenvalue weighted by Gasteiger charge is -2.31. The predicted octanol–water partition coefficient (Wildman–Crippen LogP) is 5.63. The van der Waals surface area contributed by atoms with Crippen molar-refractivity contribution in [1.82, 2.24) is 4.90 Å². The van der Waals surface area contributed by atoms with Gasteiger partial charge in [-0.25, -0.2) is 0 Å². The van der Waals surface area contributed by atoms with E-state index in [4.69, 9.17) is 30.2 Å². The zero-order chi connectivity index (χ0) is 26.4. The van der Waals surface area contributed by atoms with Crippen LogP contribution in [-0.2, 0) is 4.79 Å². The lowest BCUT2D eigenvalue weighted by atomic mass is 9.89. The number of methoxy groups -OCH3 is 3. The zero-order valence-electron chi connectivity index (χ0n) is 21.0. The molecule has 1 saturated heterocycles. The van der Waals surface area contributed by atoms with Gasteiger partial charge in [0.15, 0.2) is 22.5 Å². The highest BCUT2D eigenvalue weighted by atomic mass is 35.5. The van der Waals surface area contributed by atoms with E-state index < -0.39 is 0 Å². The van der Waals surface area contributed by atoms with E-state index in [1.165, 1.54) is 18.7 Å². The fourth-order valence-electron chi connectivity index (χ4n) is 4.39. The van der Waals surface area contributed by atoms with E-state index in [2.05, 4.69) is 5.32 Å². The molecule has 2 heterocycles. The molecular formula is C28H29ClN2O6. The molecule has 0 unspecified atom stereocenters. The number of carbonyl (C=O) groups is 2. The number of carbonyl (C=O) groups excluding carboxylic acids is 2. The highest BCUT2D eigenvalue weighted by molar-refractivity contribution is 6.29. The van der Waals surface area contributed by atoms with Crippen LogP contribution in [0.25, 0.3) is 6.08 Å². The molecule has 3 aromatic rings. The van der Waals surface area contributed by atoms with Crippen LogP contribution in [0.4, 0.5) is 5.69 Å². The van der Waals surface area contributed by atoms with Crippen LogP contribution < -0.4 is 19.5 Å². The monoisotopic (exact) mass is 524 g/mol. The molecule has 194 valence electrons. The molecule has 1 aliphatic rings. The second kappa shape index (κ2) is 11.9. The number of likely N-dealkylation sites (tertiary alicyclic amines) is 1. The van der Waals surface area contributed by atoms with Gasteiger partial charge in [0.1, 0.15) is 0 Å². The van der Waals surface area contributed by atoms with Crippen LogP contribution in [0.1, 0.15) is 40.4 Å². The number of amides is 2. The molecule has 0 spiro atoms. The molecule has 0 atom stereocenters. The summed E-state index contributed by atoms with van der Waals surface area (Å²) >= 11 is 5.79. The summed E-state index contributed by atoms with van der Waals surface area (Å²) in [6, 6.07) is 14.5. The van der Waals surface area contributed by atoms with Gasteiger partial charge in [-0.1, -0.05) is 12.1 Å². The Bertz CT molecular complexity index is 1250. The number of rotatable bonds is 8. The molecule has 8 nitrogen and oxygen atoms in total. The molecule has 1 fully saturated rings. The van der Waals surface area contributed by atoms with Gasteiger partial charge in [0.2, 0.25) is 11.7 Å². The molecule has 1 aromatic heterocycles. The number of nitrogens with one attached hydrogen (secondary N) is 1. The van der Waals surface area contributed by atoms with Crippen molar-refractivity contribution in [3.05, 3.63) is 76.7 Å². The molecule has 0 saturated carbocycles. The van der Waals surface area contributed by atoms with Crippen molar-refractivity contribution < 1.29 is 28.2 Å². The third-order valence-corrected chi connectivity index (χ3v) is 6.53. The van der Waals surface area contributed by atoms with E-state index in [1.54, 1.807) is 49.5 Å². The number of piperidine rings is 1. The van der Waals surface area contributed by atoms with E-state index in [0.717, 1.165) is 18.4 Å². The summed E-state index contributed by atoms with van der Waals surface area (Å²) in [7, 11) is 4.63. The maximum absolute atomic E-state index is 12.6. The molecule has 9 heteroatoms. The van der Waals surface area contributed by atoms with Gasteiger partial charge in [0.05, 0.1) is 21.3 Å². The fraction of sp³-hybridized carbons (Fsp3) is 0.286. The number of halogens is 1. The van der Waals surface area contributed by atoms with Gasteiger partial charge in [0.25, 0.3) is 5.91 Å². The van der Waals surface area contributed by atoms with Gasteiger partial charge in [-0.3, -0.25) is 9.59 Å². The Hall–Kier alpha value is -3.91. The Labute approximate surface area is 220 Å². The summed E-state index contributed by atoms with van der Waals surface area (Å²) in [5, 5.41) is 3.09. The standard InChI is InChI=1S/C28H29ClN2O6/c1-34-23-16-18(17-24(35-2)27(23)36-3)4-11-26(32)30-21-7-5-19(6-8-21)20-12-14-31(15-13-20)28(33)22-9-10-25(29)37-22/h4-11,16-17,20H,12-15H2,1-3H3,(H,30,32)/b11-4+. The van der Waals surface area contributed by atoms with Gasteiger partial charge in [-0.2, -0.15) is 0 Å². The minimum atomic E-state index is -0.258. The van der Waals surface area contributed by atoms with Gasteiger partial charge in [-0.15, -0.1) is 0 Å². The summed E-state index contributed by atoms with van der Waals surface area (Å²) < 4.78 is 21.3. The Kier molecular flexibility index (Phi) is 8.40. The van der Waals surface area contributed by atoms with Gasteiger partial charge in [0, 0.05) is 24.9 Å². The first-order chi connectivity index (χ1) is 17.9. The molecule has 2 aromatic carbocycles. The van der Waals surface area contributed by atoms with E-state index in [-0.39, 0.29) is 22.8 Å². The van der Waals surface area contributed by atoms with Crippen LogP contribution in [0.3, 0.4) is 0 Å². The molecule has 1 aliphatic heterocycles. The van der Waals surface area contributed by atoms with Crippen LogP contribution >= 0.6 is 11.6 Å². The normalized spacial score (nSPS) is 14.0. The van der Waals surface area contributed by atoms with Gasteiger partial charge in [-0.05, 0) is 84.0 Å². The van der Waals surface area contributed by atoms with Crippen molar-refractivity contribution in [1.29, 1.82) is 0 Å². The molecule has 37 heavy (non-hydrogen) atoms. The quantitative estimate of drug-likeness (QED) is 0.384. The number of anilines is 1. The van der Waals surface area contributed by atoms with Gasteiger partial charge < -0.3 is 28.8 Å². The Morgan fingerprint density at radius 3 is 2.16 bits per heavy atom. The summed E-state index contributed by atoms with van der Waals surface area (Å²) in [5.74, 6) is 1.73. The van der Waals surface area contributed by atoms with Crippen molar-refractivity contribution in [2.45, 2.75) is 18.8 Å². The van der Waals surface area contributed by atoms with Crippen molar-refractivity contribution in [3.8, 4) is 17.2 Å². The molecule has 4 rings (SSSR count). The number of furan rings is 1. The third kappa shape index (κ3) is 6.27. The van der Waals surface area contributed by atoms with E-state index in [9.17, 15) is 9.59 Å². The minimum Gasteiger partial charge on any atom is -0.493 e. The van der Waals surface area contributed by atoms with E-state index in [1.807, 2.05) is 24.3 Å². The SMILES string of the molecule is COc1cc(/C=C/C(=O)Nc2ccc(C3CCN(C(=O)c4ccc(Cl)o4)CC3)cc2)cc(OC)c1OC. The zero-order valence-corrected chi connectivity index (χ0v) is 21.7. The molecule has 0 bridgehead atoms. The average Bonchev–Trinajstić information content (AvgIpc) is 3.37. The first-order valence-corrected chi connectivity index (χ1v) is 12.2. The van der Waals surface area contributed by atoms with Crippen LogP contribution in [0, 0.1) is 0 Å². The van der Waals surface area contributed by atoms with Crippen LogP contribution in [0.5, 0.6) is 17.2 Å². The number of ether oxygens (including phenoxy) is 3. The Morgan fingerprint density at radius 2 is 1.62 bits per heavy atom. The van der Waals surface area contributed by atoms with E-state index in [0.29, 0.717) is 41.9 Å². The third-order valence-electron chi connectivity index (χ3n) is 6.33. The second-order valence-corrected chi connectivity index (χ2v) is 8.95. The molecular weight excluding hydrogens is 496 g/mol. The summed E-state index contributed by atoms with van der Waals surface area (Å²) in [6.45, 7) is 1.29. The molecule has 0 aliphatic carbocycles. The second-order valence-electron chi connectivity index (χ2n) is 8.57. The first kappa shape index (κ1) is 26.2. The average molecular weight is 525 g/mol. The Balaban J connectivity index is 1.32. The number of hydrogen-bond acceptors (Lipinski definition) is 6. The topological polar surface area (TPSA) is 90.2 Å². The highest BCUT2D eigenvalue weighted by Gasteiger charge is 2.26. The summed E-state index contributed by atoms with van der Waals surface area (Å²) in [5.41, 5.74) is 2.62. The maximum Gasteiger partial charge on any atom is 0.289 e. The smallest absolute Gasteiger partial charge is 0.289 e. The molecule has 0 radical (unpaired) electrons. The molecule has 2 amide bonds. The number of nitrogens with zero attached hydrogens (tertiary/aromatic N) is 1. The van der Waals surface area contributed by atoms with Crippen LogP contribution in [0.15, 0.2) is 59.0 Å². The summed E-state index contributed by atoms with van der Waals surface area (Å²) in [6.07, 6.45) is 4.83. The van der Waals surface area contributed by atoms with Gasteiger partial charge >= 0.3 is 0 Å². The van der Waals surface area contributed by atoms with Crippen LogP contribution in [-0.4, -0.2) is 51.1 Å². The summed E-state index contributed by atoms with van der Waals surface area (Å²) in [4.78, 5) is 26.8. The number of benzene rings is 2. The lowest BCUT2D eigenvalue weighted by molar-refractivity contribution is -0.111. The van der Waals surface area contributed by atoms with Crippen molar-refractivity contribution in [2.75, 3.05) is 39.7 Å². The molecule has 1 N–H and O–H groups in total. The first-order valence-electron chi connectivity index (χ1n) is 11.9. The van der Waals surface area contributed by atoms with Crippen molar-refractivity contribution in [2.24, 2.45) is 0 Å². The highest BCUT2D eigenvalue weighted by Crippen LogP contribution is 2.38. The Morgan fingerprint density at radius 1 is 0.973 bits per heavy atom. The fourth-order valence-corrected chi connectivity index (χ4v) is 4.54. The largest absolute Gasteiger partial charge is 0.493 e. The van der Waals surface area contributed by atoms with Crippen LogP contribution in [0.2, 0.25) is 5.22 Å². The van der Waals surface area contributed by atoms with Crippen molar-refractivity contribution in [3.63, 3.8) is 0 Å². The lowest BCUT2D eigenvalue weighted by Crippen LogP contribution is -2.37. The van der Waals surface area contributed by atoms with Crippen molar-refractivity contribution >= 4 is 35.2 Å².